The van der Waals surface area contributed by atoms with Crippen molar-refractivity contribution in [2.45, 2.75) is 31.2 Å². The summed E-state index contributed by atoms with van der Waals surface area (Å²) in [6.45, 7) is 2.07. The van der Waals surface area contributed by atoms with Crippen molar-refractivity contribution < 1.29 is 14.2 Å². The summed E-state index contributed by atoms with van der Waals surface area (Å²) < 4.78 is 19.6. The fourth-order valence-electron chi connectivity index (χ4n) is 2.77. The molecular weight excluding hydrogens is 400 g/mol. The summed E-state index contributed by atoms with van der Waals surface area (Å²) in [5.41, 5.74) is 1.95. The van der Waals surface area contributed by atoms with Gasteiger partial charge in [0.15, 0.2) is 5.16 Å². The molecule has 0 saturated carbocycles. The molecule has 0 saturated heterocycles. The first-order chi connectivity index (χ1) is 14.7. The highest BCUT2D eigenvalue weighted by Crippen LogP contribution is 2.11. The first kappa shape index (κ1) is 22.2. The van der Waals surface area contributed by atoms with Gasteiger partial charge in [0, 0.05) is 12.3 Å². The molecule has 0 aliphatic rings. The minimum atomic E-state index is -0.260. The van der Waals surface area contributed by atoms with Crippen molar-refractivity contribution >= 4 is 11.8 Å². The molecule has 158 valence electrons. The average molecular weight is 427 g/mol. The fourth-order valence-corrected chi connectivity index (χ4v) is 3.30. The SMILES string of the molecule is CSc1nc(=O)ccn1COC(COCc1ccccc1)COCc1ccccc1. The van der Waals surface area contributed by atoms with Crippen LogP contribution < -0.4 is 5.56 Å². The second kappa shape index (κ2) is 12.3. The molecule has 1 aromatic heterocycles. The molecule has 0 unspecified atom stereocenters. The fraction of sp³-hybridized carbons (Fsp3) is 0.304. The van der Waals surface area contributed by atoms with Crippen LogP contribution in [-0.2, 0) is 34.2 Å². The predicted octanol–water partition coefficient (Wildman–Crippen LogP) is 3.74. The van der Waals surface area contributed by atoms with Gasteiger partial charge in [0.2, 0.25) is 0 Å². The van der Waals surface area contributed by atoms with Crippen LogP contribution in [0.5, 0.6) is 0 Å². The maximum absolute atomic E-state index is 11.5. The predicted molar refractivity (Wildman–Crippen MR) is 117 cm³/mol. The zero-order chi connectivity index (χ0) is 21.0. The summed E-state index contributed by atoms with van der Waals surface area (Å²) in [6, 6.07) is 21.4. The van der Waals surface area contributed by atoms with Crippen LogP contribution in [0.2, 0.25) is 0 Å². The topological polar surface area (TPSA) is 62.6 Å². The lowest BCUT2D eigenvalue weighted by Crippen LogP contribution is -2.27. The minimum Gasteiger partial charge on any atom is -0.374 e. The Bertz CT molecular complexity index is 889. The van der Waals surface area contributed by atoms with Crippen LogP contribution in [-0.4, -0.2) is 35.1 Å². The third-order valence-electron chi connectivity index (χ3n) is 4.31. The molecule has 0 spiro atoms. The molecule has 3 aromatic rings. The van der Waals surface area contributed by atoms with E-state index in [1.165, 1.54) is 17.8 Å². The van der Waals surface area contributed by atoms with Crippen molar-refractivity contribution in [1.29, 1.82) is 0 Å². The van der Waals surface area contributed by atoms with Crippen LogP contribution in [0, 0.1) is 0 Å². The number of hydrogen-bond donors (Lipinski definition) is 0. The quantitative estimate of drug-likeness (QED) is 0.325. The van der Waals surface area contributed by atoms with E-state index < -0.39 is 0 Å². The number of thioether (sulfide) groups is 1. The lowest BCUT2D eigenvalue weighted by Gasteiger charge is -2.20. The molecule has 1 heterocycles. The second-order valence-corrected chi connectivity index (χ2v) is 7.41. The molecule has 0 radical (unpaired) electrons. The Morgan fingerprint density at radius 1 is 0.900 bits per heavy atom. The van der Waals surface area contributed by atoms with E-state index >= 15 is 0 Å². The van der Waals surface area contributed by atoms with Gasteiger partial charge in [-0.3, -0.25) is 4.79 Å². The Hall–Kier alpha value is -2.45. The van der Waals surface area contributed by atoms with Gasteiger partial charge in [-0.15, -0.1) is 0 Å². The van der Waals surface area contributed by atoms with Gasteiger partial charge in [-0.2, -0.15) is 4.98 Å². The molecule has 0 N–H and O–H groups in total. The van der Waals surface area contributed by atoms with Gasteiger partial charge in [-0.05, 0) is 17.4 Å². The highest BCUT2D eigenvalue weighted by atomic mass is 32.2. The van der Waals surface area contributed by atoms with Gasteiger partial charge in [0.25, 0.3) is 5.56 Å². The Labute approximate surface area is 180 Å². The standard InChI is InChI=1S/C23H26N2O4S/c1-30-23-24-22(26)12-13-25(23)18-29-21(16-27-14-19-8-4-2-5-9-19)17-28-15-20-10-6-3-7-11-20/h2-13,21H,14-18H2,1H3. The molecular formula is C23H26N2O4S. The average Bonchev–Trinajstić information content (AvgIpc) is 2.79. The van der Waals surface area contributed by atoms with Crippen molar-refractivity contribution in [3.8, 4) is 0 Å². The smallest absolute Gasteiger partial charge is 0.273 e. The summed E-state index contributed by atoms with van der Waals surface area (Å²) in [7, 11) is 0. The zero-order valence-corrected chi connectivity index (χ0v) is 17.8. The van der Waals surface area contributed by atoms with Gasteiger partial charge in [0.1, 0.15) is 12.8 Å². The van der Waals surface area contributed by atoms with Gasteiger partial charge in [-0.25, -0.2) is 0 Å². The molecule has 3 rings (SSSR count). The largest absolute Gasteiger partial charge is 0.374 e. The van der Waals surface area contributed by atoms with E-state index in [1.807, 2.05) is 66.9 Å². The van der Waals surface area contributed by atoms with Crippen molar-refractivity contribution in [3.63, 3.8) is 0 Å². The Morgan fingerprint density at radius 3 is 2.00 bits per heavy atom. The molecule has 0 atom stereocenters. The van der Waals surface area contributed by atoms with Gasteiger partial charge in [0.05, 0.1) is 26.4 Å². The third kappa shape index (κ3) is 7.42. The van der Waals surface area contributed by atoms with Crippen LogP contribution in [0.4, 0.5) is 0 Å². The van der Waals surface area contributed by atoms with Gasteiger partial charge in [-0.1, -0.05) is 72.4 Å². The van der Waals surface area contributed by atoms with E-state index in [0.717, 1.165) is 11.1 Å². The highest BCUT2D eigenvalue weighted by molar-refractivity contribution is 7.98. The number of rotatable bonds is 12. The van der Waals surface area contributed by atoms with E-state index in [9.17, 15) is 4.79 Å². The van der Waals surface area contributed by atoms with Crippen molar-refractivity contribution in [1.82, 2.24) is 9.55 Å². The summed E-state index contributed by atoms with van der Waals surface area (Å²) >= 11 is 1.40. The summed E-state index contributed by atoms with van der Waals surface area (Å²) in [4.78, 5) is 15.5. The summed E-state index contributed by atoms with van der Waals surface area (Å²) in [5, 5.41) is 0.608. The maximum atomic E-state index is 11.5. The van der Waals surface area contributed by atoms with Crippen LogP contribution in [0.3, 0.4) is 0 Å². The molecule has 6 nitrogen and oxygen atoms in total. The maximum Gasteiger partial charge on any atom is 0.273 e. The normalized spacial score (nSPS) is 11.1. The first-order valence-corrected chi connectivity index (χ1v) is 10.9. The van der Waals surface area contributed by atoms with Crippen LogP contribution in [0.1, 0.15) is 11.1 Å². The molecule has 0 aliphatic heterocycles. The molecule has 0 bridgehead atoms. The number of benzene rings is 2. The number of nitrogens with zero attached hydrogens (tertiary/aromatic N) is 2. The first-order valence-electron chi connectivity index (χ1n) is 9.71. The van der Waals surface area contributed by atoms with Crippen molar-refractivity contribution in [2.75, 3.05) is 19.5 Å². The van der Waals surface area contributed by atoms with Crippen LogP contribution >= 0.6 is 11.8 Å². The summed E-state index contributed by atoms with van der Waals surface area (Å²) in [6.07, 6.45) is 3.31. The lowest BCUT2D eigenvalue weighted by atomic mass is 10.2. The van der Waals surface area contributed by atoms with E-state index in [0.29, 0.717) is 31.6 Å². The molecule has 7 heteroatoms. The third-order valence-corrected chi connectivity index (χ3v) is 5.00. The van der Waals surface area contributed by atoms with E-state index in [1.54, 1.807) is 10.8 Å². The molecule has 0 fully saturated rings. The van der Waals surface area contributed by atoms with Crippen molar-refractivity contribution in [2.24, 2.45) is 0 Å². The number of hydrogen-bond acceptors (Lipinski definition) is 6. The molecule has 2 aromatic carbocycles. The monoisotopic (exact) mass is 426 g/mol. The van der Waals surface area contributed by atoms with E-state index in [2.05, 4.69) is 4.98 Å². The highest BCUT2D eigenvalue weighted by Gasteiger charge is 2.12. The Balaban J connectivity index is 1.55. The van der Waals surface area contributed by atoms with E-state index in [4.69, 9.17) is 14.2 Å². The van der Waals surface area contributed by atoms with Crippen LogP contribution in [0.15, 0.2) is 82.9 Å². The zero-order valence-electron chi connectivity index (χ0n) is 17.0. The number of ether oxygens (including phenoxy) is 3. The molecule has 0 aliphatic carbocycles. The molecule has 0 amide bonds. The van der Waals surface area contributed by atoms with E-state index in [-0.39, 0.29) is 18.4 Å². The number of aromatic nitrogens is 2. The van der Waals surface area contributed by atoms with Crippen LogP contribution in [0.25, 0.3) is 0 Å². The lowest BCUT2D eigenvalue weighted by molar-refractivity contribution is -0.0894. The van der Waals surface area contributed by atoms with Gasteiger partial charge < -0.3 is 18.8 Å². The minimum absolute atomic E-state index is 0.258. The van der Waals surface area contributed by atoms with Crippen molar-refractivity contribution in [3.05, 3.63) is 94.4 Å². The second-order valence-electron chi connectivity index (χ2n) is 6.64. The summed E-state index contributed by atoms with van der Waals surface area (Å²) in [5.74, 6) is 0. The molecule has 30 heavy (non-hydrogen) atoms. The Kier molecular flexibility index (Phi) is 9.11. The van der Waals surface area contributed by atoms with Gasteiger partial charge >= 0.3 is 0 Å². The Morgan fingerprint density at radius 2 is 1.47 bits per heavy atom.